The summed E-state index contributed by atoms with van der Waals surface area (Å²) in [6.07, 6.45) is 0. The van der Waals surface area contributed by atoms with Gasteiger partial charge in [0.05, 0.1) is 22.1 Å². The van der Waals surface area contributed by atoms with Gasteiger partial charge in [0.1, 0.15) is 11.5 Å². The van der Waals surface area contributed by atoms with Gasteiger partial charge in [0.2, 0.25) is 0 Å². The number of benzene rings is 2. The summed E-state index contributed by atoms with van der Waals surface area (Å²) in [5.41, 5.74) is 0.178. The van der Waals surface area contributed by atoms with Crippen molar-refractivity contribution >= 4 is 17.6 Å². The number of nitro groups is 1. The van der Waals surface area contributed by atoms with E-state index in [1.165, 1.54) is 36.4 Å². The van der Waals surface area contributed by atoms with E-state index >= 15 is 0 Å². The Hall–Kier alpha value is -3.22. The fraction of sp³-hybridized carbons (Fsp3) is 0. The van der Waals surface area contributed by atoms with Gasteiger partial charge in [0.25, 0.3) is 5.69 Å². The first-order valence-electron chi connectivity index (χ1n) is 5.87. The number of hydrogen-bond donors (Lipinski definition) is 0. The molecule has 0 amide bonds. The number of esters is 2. The van der Waals surface area contributed by atoms with Crippen molar-refractivity contribution in [2.45, 2.75) is 0 Å². The maximum Gasteiger partial charge on any atom is 0.347 e. The molecular formula is C14H7NO6. The number of cyclic esters (lactones) is 2. The highest BCUT2D eigenvalue weighted by Gasteiger charge is 2.29. The van der Waals surface area contributed by atoms with E-state index in [9.17, 15) is 19.7 Å². The van der Waals surface area contributed by atoms with E-state index in [-0.39, 0.29) is 28.3 Å². The van der Waals surface area contributed by atoms with E-state index in [1.807, 2.05) is 0 Å². The summed E-state index contributed by atoms with van der Waals surface area (Å²) in [5.74, 6) is -0.904. The van der Waals surface area contributed by atoms with E-state index in [1.54, 1.807) is 6.07 Å². The van der Waals surface area contributed by atoms with Gasteiger partial charge in [-0.2, -0.15) is 0 Å². The Kier molecular flexibility index (Phi) is 2.87. The van der Waals surface area contributed by atoms with Gasteiger partial charge in [-0.3, -0.25) is 10.1 Å². The molecule has 0 aliphatic carbocycles. The average Bonchev–Trinajstić information content (AvgIpc) is 2.74. The predicted molar refractivity (Wildman–Crippen MR) is 69.4 cm³/mol. The Balaban J connectivity index is 1.91. The summed E-state index contributed by atoms with van der Waals surface area (Å²) in [6, 6.07) is 9.89. The average molecular weight is 285 g/mol. The zero-order chi connectivity index (χ0) is 15.0. The van der Waals surface area contributed by atoms with Gasteiger partial charge >= 0.3 is 11.9 Å². The zero-order valence-electron chi connectivity index (χ0n) is 10.4. The summed E-state index contributed by atoms with van der Waals surface area (Å²) in [6.45, 7) is 0. The molecule has 0 N–H and O–H groups in total. The minimum atomic E-state index is -0.737. The number of rotatable bonds is 3. The second kappa shape index (κ2) is 4.71. The molecule has 0 aromatic heterocycles. The molecule has 1 aliphatic heterocycles. The van der Waals surface area contributed by atoms with E-state index in [4.69, 9.17) is 4.74 Å². The highest BCUT2D eigenvalue weighted by atomic mass is 16.6. The summed E-state index contributed by atoms with van der Waals surface area (Å²) < 4.78 is 9.92. The monoisotopic (exact) mass is 285 g/mol. The molecule has 0 saturated carbocycles. The van der Waals surface area contributed by atoms with Crippen molar-refractivity contribution in [1.29, 1.82) is 0 Å². The topological polar surface area (TPSA) is 95.7 Å². The van der Waals surface area contributed by atoms with Gasteiger partial charge in [-0.25, -0.2) is 9.59 Å². The fourth-order valence-electron chi connectivity index (χ4n) is 1.92. The Morgan fingerprint density at radius 2 is 1.67 bits per heavy atom. The van der Waals surface area contributed by atoms with Crippen molar-refractivity contribution < 1.29 is 24.0 Å². The van der Waals surface area contributed by atoms with Gasteiger partial charge in [-0.05, 0) is 24.3 Å². The zero-order valence-corrected chi connectivity index (χ0v) is 10.4. The number of fused-ring (bicyclic) bond motifs is 1. The molecule has 0 bridgehead atoms. The molecule has 7 nitrogen and oxygen atoms in total. The van der Waals surface area contributed by atoms with Crippen LogP contribution in [0.25, 0.3) is 0 Å². The lowest BCUT2D eigenvalue weighted by Crippen LogP contribution is -1.96. The summed E-state index contributed by atoms with van der Waals surface area (Å²) >= 11 is 0. The van der Waals surface area contributed by atoms with E-state index in [2.05, 4.69) is 4.74 Å². The van der Waals surface area contributed by atoms with Crippen LogP contribution in [0.2, 0.25) is 0 Å². The van der Waals surface area contributed by atoms with Crippen molar-refractivity contribution in [3.63, 3.8) is 0 Å². The third-order valence-electron chi connectivity index (χ3n) is 2.88. The Morgan fingerprint density at radius 3 is 2.43 bits per heavy atom. The van der Waals surface area contributed by atoms with Gasteiger partial charge in [0.15, 0.2) is 0 Å². The number of ether oxygens (including phenoxy) is 2. The number of hydrogen-bond acceptors (Lipinski definition) is 6. The molecule has 2 aromatic carbocycles. The molecule has 0 unspecified atom stereocenters. The van der Waals surface area contributed by atoms with Crippen LogP contribution in [0.15, 0.2) is 42.5 Å². The highest BCUT2D eigenvalue weighted by Crippen LogP contribution is 2.29. The van der Waals surface area contributed by atoms with Crippen LogP contribution in [-0.4, -0.2) is 16.9 Å². The van der Waals surface area contributed by atoms with Gasteiger partial charge in [0, 0.05) is 6.07 Å². The number of carbonyl (C=O) groups excluding carboxylic acids is 2. The molecule has 0 atom stereocenters. The molecule has 1 heterocycles. The number of nitrogens with zero attached hydrogens (tertiary/aromatic N) is 1. The summed E-state index contributed by atoms with van der Waals surface area (Å²) in [5, 5.41) is 10.7. The Bertz CT molecular complexity index is 783. The normalized spacial score (nSPS) is 12.8. The van der Waals surface area contributed by atoms with Crippen LogP contribution in [0.4, 0.5) is 5.69 Å². The van der Waals surface area contributed by atoms with Crippen molar-refractivity contribution in [3.8, 4) is 11.5 Å². The first-order chi connectivity index (χ1) is 10.0. The summed E-state index contributed by atoms with van der Waals surface area (Å²) in [7, 11) is 0. The van der Waals surface area contributed by atoms with E-state index in [0.29, 0.717) is 0 Å². The molecule has 1 aliphatic rings. The third-order valence-corrected chi connectivity index (χ3v) is 2.88. The lowest BCUT2D eigenvalue weighted by atomic mass is 10.1. The Labute approximate surface area is 117 Å². The summed E-state index contributed by atoms with van der Waals surface area (Å²) in [4.78, 5) is 32.9. The van der Waals surface area contributed by atoms with Crippen molar-refractivity contribution in [3.05, 3.63) is 63.7 Å². The minimum absolute atomic E-state index is 0.108. The molecule has 0 radical (unpaired) electrons. The second-order valence-corrected chi connectivity index (χ2v) is 4.24. The van der Waals surface area contributed by atoms with E-state index < -0.39 is 16.9 Å². The molecule has 7 heteroatoms. The molecule has 0 fully saturated rings. The third kappa shape index (κ3) is 2.32. The molecule has 2 aromatic rings. The van der Waals surface area contributed by atoms with Crippen LogP contribution >= 0.6 is 0 Å². The van der Waals surface area contributed by atoms with Crippen LogP contribution < -0.4 is 4.74 Å². The van der Waals surface area contributed by atoms with Gasteiger partial charge < -0.3 is 9.47 Å². The fourth-order valence-corrected chi connectivity index (χ4v) is 1.92. The minimum Gasteiger partial charge on any atom is -0.457 e. The smallest absolute Gasteiger partial charge is 0.347 e. The molecule has 3 rings (SSSR count). The number of nitro benzene ring substituents is 1. The van der Waals surface area contributed by atoms with Crippen LogP contribution in [0.3, 0.4) is 0 Å². The van der Waals surface area contributed by atoms with Crippen molar-refractivity contribution in [2.24, 2.45) is 0 Å². The molecule has 0 spiro atoms. The van der Waals surface area contributed by atoms with Crippen LogP contribution in [0.1, 0.15) is 20.7 Å². The largest absolute Gasteiger partial charge is 0.457 e. The quantitative estimate of drug-likeness (QED) is 0.372. The molecule has 21 heavy (non-hydrogen) atoms. The number of non-ortho nitro benzene ring substituents is 1. The first-order valence-corrected chi connectivity index (χ1v) is 5.87. The molecule has 104 valence electrons. The first kappa shape index (κ1) is 12.8. The predicted octanol–water partition coefficient (Wildman–Crippen LogP) is 2.70. The highest BCUT2D eigenvalue weighted by molar-refractivity contribution is 6.14. The van der Waals surface area contributed by atoms with Crippen LogP contribution in [-0.2, 0) is 4.74 Å². The maximum atomic E-state index is 11.4. The van der Waals surface area contributed by atoms with Crippen molar-refractivity contribution in [1.82, 2.24) is 0 Å². The van der Waals surface area contributed by atoms with Gasteiger partial charge in [-0.1, -0.05) is 6.07 Å². The second-order valence-electron chi connectivity index (χ2n) is 4.24. The number of carbonyl (C=O) groups is 2. The lowest BCUT2D eigenvalue weighted by Gasteiger charge is -2.05. The van der Waals surface area contributed by atoms with E-state index in [0.717, 1.165) is 0 Å². The van der Waals surface area contributed by atoms with Gasteiger partial charge in [-0.15, -0.1) is 0 Å². The van der Waals surface area contributed by atoms with Crippen molar-refractivity contribution in [2.75, 3.05) is 0 Å². The molecule has 0 saturated heterocycles. The Morgan fingerprint density at radius 1 is 0.952 bits per heavy atom. The van der Waals surface area contributed by atoms with Crippen LogP contribution in [0.5, 0.6) is 11.5 Å². The molecular weight excluding hydrogens is 278 g/mol. The lowest BCUT2D eigenvalue weighted by molar-refractivity contribution is -0.384. The maximum absolute atomic E-state index is 11.4. The van der Waals surface area contributed by atoms with Crippen LogP contribution in [0, 0.1) is 10.1 Å². The standard InChI is InChI=1S/C14H7NO6/c16-13-11-5-4-10(7-12(11)14(17)21-13)20-9-3-1-2-8(6-9)15(18)19/h1-7H. The SMILES string of the molecule is O=C1OC(=O)c2cc(Oc3cccc([N+](=O)[O-])c3)ccc21.